The third-order valence-electron chi connectivity index (χ3n) is 9.38. The smallest absolute Gasteiger partial charge is 0.241 e. The first-order valence-electron chi connectivity index (χ1n) is 16.5. The summed E-state index contributed by atoms with van der Waals surface area (Å²) in [5.74, 6) is 2.10. The summed E-state index contributed by atoms with van der Waals surface area (Å²) >= 11 is 0. The summed E-state index contributed by atoms with van der Waals surface area (Å²) in [6.45, 7) is 4.06. The lowest BCUT2D eigenvalue weighted by atomic mass is 10.0. The van der Waals surface area contributed by atoms with Crippen molar-refractivity contribution in [1.29, 1.82) is 5.41 Å². The number of amidine groups is 1. The van der Waals surface area contributed by atoms with E-state index in [0.717, 1.165) is 89.3 Å². The van der Waals surface area contributed by atoms with Gasteiger partial charge >= 0.3 is 0 Å². The molecule has 0 bridgehead atoms. The molecule has 11 heteroatoms. The number of nitrogens with zero attached hydrogens (tertiary/aromatic N) is 6. The van der Waals surface area contributed by atoms with Gasteiger partial charge in [0.25, 0.3) is 0 Å². The molecule has 3 heterocycles. The van der Waals surface area contributed by atoms with E-state index in [0.29, 0.717) is 13.1 Å². The first-order valence-corrected chi connectivity index (χ1v) is 16.5. The highest BCUT2D eigenvalue weighted by Crippen LogP contribution is 2.27. The molecule has 1 fully saturated rings. The molecule has 0 radical (unpaired) electrons. The molecule has 1 aliphatic heterocycles. The van der Waals surface area contributed by atoms with Gasteiger partial charge in [-0.05, 0) is 58.7 Å². The van der Waals surface area contributed by atoms with Crippen LogP contribution in [-0.2, 0) is 31.2 Å². The second-order valence-electron chi connectivity index (χ2n) is 12.4. The van der Waals surface area contributed by atoms with Gasteiger partial charge in [0.2, 0.25) is 5.91 Å². The number of pyridine rings is 1. The highest BCUT2D eigenvalue weighted by atomic mass is 35.5. The number of anilines is 2. The number of nitrogens with two attached hydrogens (primary N) is 1. The fraction of sp³-hybridized carbons (Fsp3) is 0.231. The molecule has 0 unspecified atom stereocenters. The van der Waals surface area contributed by atoms with Crippen molar-refractivity contribution in [3.8, 4) is 0 Å². The molecule has 0 spiro atoms. The van der Waals surface area contributed by atoms with E-state index in [1.165, 1.54) is 5.56 Å². The van der Waals surface area contributed by atoms with E-state index in [9.17, 15) is 4.79 Å². The number of amides is 1. The van der Waals surface area contributed by atoms with Crippen LogP contribution in [0.3, 0.4) is 0 Å². The van der Waals surface area contributed by atoms with Crippen LogP contribution in [0.2, 0.25) is 0 Å². The molecule has 6 aromatic rings. The predicted molar refractivity (Wildman–Crippen MR) is 208 cm³/mol. The van der Waals surface area contributed by atoms with E-state index >= 15 is 0 Å². The number of imidazole rings is 1. The maximum atomic E-state index is 14.2. The zero-order chi connectivity index (χ0) is 33.0. The molecular weight excluding hydrogens is 667 g/mol. The molecule has 3 N–H and O–H groups in total. The molecule has 50 heavy (non-hydrogen) atoms. The number of nitrogen functional groups attached to an aromatic ring is 1. The number of halogens is 2. The summed E-state index contributed by atoms with van der Waals surface area (Å²) in [5.41, 5.74) is 11.4. The van der Waals surface area contributed by atoms with Gasteiger partial charge in [-0.1, -0.05) is 72.8 Å². The first kappa shape index (κ1) is 36.3. The minimum atomic E-state index is 0. The number of rotatable bonds is 10. The average Bonchev–Trinajstić information content (AvgIpc) is 3.44. The van der Waals surface area contributed by atoms with Gasteiger partial charge in [-0.15, -0.1) is 24.8 Å². The number of aryl methyl sites for hydroxylation is 3. The topological polar surface area (TPSA) is 107 Å². The van der Waals surface area contributed by atoms with Gasteiger partial charge in [-0.3, -0.25) is 15.1 Å². The molecule has 0 atom stereocenters. The van der Waals surface area contributed by atoms with Gasteiger partial charge in [0, 0.05) is 57.1 Å². The summed E-state index contributed by atoms with van der Waals surface area (Å²) < 4.78 is 2.14. The Labute approximate surface area is 305 Å². The standard InChI is InChI=1S/C39H40N8O.2ClH/c1-44-35-18-17-32(25-34(35)43-37(44)19-14-28-12-15-30(16-13-28)39(40)41)47(26-31-9-6-8-29-7-2-3-10-33(29)31)38(48)27-45-21-23-46(24-22-45)36-11-4-5-20-42-36;;/h2-13,15-18,20,25H,14,19,21-24,26-27H2,1H3,(H3,40,41);2*1H. The fourth-order valence-electron chi connectivity index (χ4n) is 6.61. The molecule has 0 saturated carbocycles. The zero-order valence-corrected chi connectivity index (χ0v) is 29.7. The highest BCUT2D eigenvalue weighted by Gasteiger charge is 2.25. The van der Waals surface area contributed by atoms with E-state index < -0.39 is 0 Å². The van der Waals surface area contributed by atoms with Crippen LogP contribution in [-0.4, -0.2) is 63.9 Å². The van der Waals surface area contributed by atoms with Gasteiger partial charge in [-0.25, -0.2) is 9.97 Å². The summed E-state index contributed by atoms with van der Waals surface area (Å²) in [4.78, 5) is 30.2. The normalized spacial score (nSPS) is 13.1. The number of nitrogens with one attached hydrogen (secondary N) is 1. The largest absolute Gasteiger partial charge is 0.384 e. The van der Waals surface area contributed by atoms with Crippen molar-refractivity contribution < 1.29 is 4.79 Å². The lowest BCUT2D eigenvalue weighted by Crippen LogP contribution is -2.50. The molecule has 2 aromatic heterocycles. The maximum absolute atomic E-state index is 14.2. The quantitative estimate of drug-likeness (QED) is 0.126. The molecule has 258 valence electrons. The Morgan fingerprint density at radius 2 is 1.60 bits per heavy atom. The van der Waals surface area contributed by atoms with E-state index in [4.69, 9.17) is 16.1 Å². The van der Waals surface area contributed by atoms with Crippen molar-refractivity contribution >= 4 is 69.9 Å². The molecule has 1 saturated heterocycles. The second kappa shape index (κ2) is 16.2. The lowest BCUT2D eigenvalue weighted by Gasteiger charge is -2.36. The van der Waals surface area contributed by atoms with Crippen LogP contribution in [0.4, 0.5) is 11.5 Å². The average molecular weight is 710 g/mol. The van der Waals surface area contributed by atoms with Crippen molar-refractivity contribution in [2.24, 2.45) is 12.8 Å². The van der Waals surface area contributed by atoms with Crippen molar-refractivity contribution in [1.82, 2.24) is 19.4 Å². The van der Waals surface area contributed by atoms with Gasteiger partial charge in [-0.2, -0.15) is 0 Å². The number of hydrogen-bond donors (Lipinski definition) is 2. The number of benzene rings is 4. The SMILES string of the molecule is Cl.Cl.Cn1c(CCc2ccc(C(=N)N)cc2)nc2cc(N(Cc3cccc4ccccc34)C(=O)CN3CCN(c4ccccn4)CC3)ccc21. The zero-order valence-electron chi connectivity index (χ0n) is 28.0. The Morgan fingerprint density at radius 1 is 0.860 bits per heavy atom. The Kier molecular flexibility index (Phi) is 11.7. The maximum Gasteiger partial charge on any atom is 0.241 e. The lowest BCUT2D eigenvalue weighted by molar-refractivity contribution is -0.120. The number of carbonyl (C=O) groups is 1. The molecular formula is C39H42Cl2N8O. The van der Waals surface area contributed by atoms with Crippen LogP contribution in [0.25, 0.3) is 21.8 Å². The summed E-state index contributed by atoms with van der Waals surface area (Å²) in [6, 6.07) is 34.7. The molecule has 9 nitrogen and oxygen atoms in total. The Hall–Kier alpha value is -4.96. The summed E-state index contributed by atoms with van der Waals surface area (Å²) in [7, 11) is 2.05. The van der Waals surface area contributed by atoms with Crippen LogP contribution in [0, 0.1) is 5.41 Å². The van der Waals surface area contributed by atoms with E-state index in [2.05, 4.69) is 73.9 Å². The monoisotopic (exact) mass is 708 g/mol. The number of hydrogen-bond acceptors (Lipinski definition) is 6. The van der Waals surface area contributed by atoms with Crippen molar-refractivity contribution in [2.45, 2.75) is 19.4 Å². The van der Waals surface area contributed by atoms with Crippen molar-refractivity contribution in [2.75, 3.05) is 42.5 Å². The fourth-order valence-corrected chi connectivity index (χ4v) is 6.61. The minimum Gasteiger partial charge on any atom is -0.384 e. The van der Waals surface area contributed by atoms with Crippen LogP contribution >= 0.6 is 24.8 Å². The molecule has 1 aliphatic rings. The van der Waals surface area contributed by atoms with Gasteiger partial charge in [0.05, 0.1) is 24.1 Å². The number of aromatic nitrogens is 3. The van der Waals surface area contributed by atoms with Crippen molar-refractivity contribution in [3.05, 3.63) is 132 Å². The third kappa shape index (κ3) is 7.91. The van der Waals surface area contributed by atoms with Crippen LogP contribution < -0.4 is 15.5 Å². The first-order chi connectivity index (χ1) is 23.4. The third-order valence-corrected chi connectivity index (χ3v) is 9.38. The van der Waals surface area contributed by atoms with E-state index in [1.54, 1.807) is 0 Å². The van der Waals surface area contributed by atoms with Gasteiger partial charge < -0.3 is 20.1 Å². The van der Waals surface area contributed by atoms with E-state index in [1.807, 2.05) is 66.7 Å². The number of carbonyl (C=O) groups excluding carboxylic acids is 1. The van der Waals surface area contributed by atoms with Crippen LogP contribution in [0.1, 0.15) is 22.5 Å². The molecule has 7 rings (SSSR count). The summed E-state index contributed by atoms with van der Waals surface area (Å²) in [6.07, 6.45) is 3.41. The van der Waals surface area contributed by atoms with Crippen molar-refractivity contribution in [3.63, 3.8) is 0 Å². The second-order valence-corrected chi connectivity index (χ2v) is 12.4. The minimum absolute atomic E-state index is 0. The molecule has 4 aromatic carbocycles. The predicted octanol–water partition coefficient (Wildman–Crippen LogP) is 6.39. The highest BCUT2D eigenvalue weighted by molar-refractivity contribution is 5.98. The Bertz CT molecular complexity index is 2070. The Balaban J connectivity index is 0.00000243. The number of fused-ring (bicyclic) bond motifs is 2. The number of piperazine rings is 1. The van der Waals surface area contributed by atoms with Gasteiger partial charge in [0.1, 0.15) is 17.5 Å². The Morgan fingerprint density at radius 3 is 2.34 bits per heavy atom. The van der Waals surface area contributed by atoms with Crippen LogP contribution in [0.5, 0.6) is 0 Å². The van der Waals surface area contributed by atoms with Crippen LogP contribution in [0.15, 0.2) is 109 Å². The molecule has 1 amide bonds. The van der Waals surface area contributed by atoms with Gasteiger partial charge in [0.15, 0.2) is 0 Å². The molecule has 0 aliphatic carbocycles. The van der Waals surface area contributed by atoms with E-state index in [-0.39, 0.29) is 36.6 Å². The summed E-state index contributed by atoms with van der Waals surface area (Å²) in [5, 5.41) is 9.95.